The van der Waals surface area contributed by atoms with Gasteiger partial charge >= 0.3 is 0 Å². The van der Waals surface area contributed by atoms with Gasteiger partial charge in [-0.3, -0.25) is 0 Å². The van der Waals surface area contributed by atoms with Crippen molar-refractivity contribution in [2.24, 2.45) is 0 Å². The predicted molar refractivity (Wildman–Crippen MR) is 33.4 cm³/mol. The van der Waals surface area contributed by atoms with Crippen molar-refractivity contribution in [1.29, 1.82) is 5.26 Å². The van der Waals surface area contributed by atoms with Gasteiger partial charge in [0.15, 0.2) is 0 Å². The topological polar surface area (TPSA) is 33.0 Å². The van der Waals surface area contributed by atoms with E-state index in [2.05, 4.69) is 0 Å². The molecule has 46 valence electrons. The van der Waals surface area contributed by atoms with Gasteiger partial charge in [-0.05, 0) is 0 Å². The molecule has 0 radical (unpaired) electrons. The molecule has 0 unspecified atom stereocenters. The molecule has 0 N–H and O–H groups in total. The first kappa shape index (κ1) is 5.90. The van der Waals surface area contributed by atoms with Crippen LogP contribution in [0.5, 0.6) is 0 Å². The molecule has 0 spiro atoms. The summed E-state index contributed by atoms with van der Waals surface area (Å²) < 4.78 is 4.93. The quantitative estimate of drug-likeness (QED) is 0.453. The molecule has 1 rings (SSSR count). The second-order valence-corrected chi connectivity index (χ2v) is 1.76. The molecular formula is C7H7NO. The number of nitrogens with zero attached hydrogens (tertiary/aromatic N) is 1. The summed E-state index contributed by atoms with van der Waals surface area (Å²) in [6.45, 7) is 0.588. The van der Waals surface area contributed by atoms with Crippen LogP contribution in [0.15, 0.2) is 24.0 Å². The summed E-state index contributed by atoms with van der Waals surface area (Å²) in [5.41, 5.74) is 0.684. The Hall–Kier alpha value is -1.23. The molecule has 9 heavy (non-hydrogen) atoms. The molecule has 0 aromatic heterocycles. The fraction of sp³-hybridized carbons (Fsp3) is 0.286. The van der Waals surface area contributed by atoms with Gasteiger partial charge in [-0.25, -0.2) is 0 Å². The van der Waals surface area contributed by atoms with E-state index < -0.39 is 0 Å². The van der Waals surface area contributed by atoms with Crippen molar-refractivity contribution < 1.29 is 4.74 Å². The lowest BCUT2D eigenvalue weighted by molar-refractivity contribution is 0.289. The molecular weight excluding hydrogens is 114 g/mol. The Kier molecular flexibility index (Phi) is 1.92. The second-order valence-electron chi connectivity index (χ2n) is 1.76. The standard InChI is InChI=1S/C7H7NO/c8-5-7-3-1-2-4-9-6-7/h1-2,6H,3-4H2. The van der Waals surface area contributed by atoms with Crippen LogP contribution >= 0.6 is 0 Å². The maximum absolute atomic E-state index is 8.38. The summed E-state index contributed by atoms with van der Waals surface area (Å²) in [7, 11) is 0. The number of ether oxygens (including phenoxy) is 1. The lowest BCUT2D eigenvalue weighted by Gasteiger charge is -1.89. The average Bonchev–Trinajstić information content (AvgIpc) is 2.13. The van der Waals surface area contributed by atoms with E-state index in [4.69, 9.17) is 10.00 Å². The minimum Gasteiger partial charge on any atom is -0.496 e. The Morgan fingerprint density at radius 2 is 2.44 bits per heavy atom. The minimum atomic E-state index is 0.588. The third-order valence-electron chi connectivity index (χ3n) is 1.07. The van der Waals surface area contributed by atoms with Crippen molar-refractivity contribution in [3.05, 3.63) is 24.0 Å². The van der Waals surface area contributed by atoms with Gasteiger partial charge in [0, 0.05) is 6.42 Å². The first-order chi connectivity index (χ1) is 4.43. The Bertz CT molecular complexity index is 186. The van der Waals surface area contributed by atoms with Crippen LogP contribution in [0.1, 0.15) is 6.42 Å². The highest BCUT2D eigenvalue weighted by Crippen LogP contribution is 2.04. The predicted octanol–water partition coefficient (Wildman–Crippen LogP) is 1.37. The molecule has 0 fully saturated rings. The van der Waals surface area contributed by atoms with Crippen molar-refractivity contribution >= 4 is 0 Å². The summed E-state index contributed by atoms with van der Waals surface area (Å²) in [5.74, 6) is 0. The molecule has 1 heterocycles. The monoisotopic (exact) mass is 121 g/mol. The maximum atomic E-state index is 8.38. The van der Waals surface area contributed by atoms with E-state index in [0.717, 1.165) is 0 Å². The van der Waals surface area contributed by atoms with Gasteiger partial charge in [0.1, 0.15) is 6.61 Å². The molecule has 0 aromatic rings. The SMILES string of the molecule is N#CC1=COCC=CC1. The normalized spacial score (nSPS) is 17.0. The Labute approximate surface area is 54.0 Å². The van der Waals surface area contributed by atoms with Crippen LogP contribution in [0.25, 0.3) is 0 Å². The average molecular weight is 121 g/mol. The van der Waals surface area contributed by atoms with Gasteiger partial charge in [-0.15, -0.1) is 0 Å². The van der Waals surface area contributed by atoms with E-state index in [1.165, 1.54) is 6.26 Å². The van der Waals surface area contributed by atoms with Crippen molar-refractivity contribution in [2.45, 2.75) is 6.42 Å². The Morgan fingerprint density at radius 1 is 1.56 bits per heavy atom. The van der Waals surface area contributed by atoms with Crippen molar-refractivity contribution in [2.75, 3.05) is 6.61 Å². The Balaban J connectivity index is 2.62. The van der Waals surface area contributed by atoms with E-state index in [1.54, 1.807) is 0 Å². The van der Waals surface area contributed by atoms with E-state index in [1.807, 2.05) is 18.2 Å². The van der Waals surface area contributed by atoms with E-state index in [0.29, 0.717) is 18.6 Å². The zero-order chi connectivity index (χ0) is 6.53. The first-order valence-corrected chi connectivity index (χ1v) is 2.79. The van der Waals surface area contributed by atoms with Crippen LogP contribution in [-0.2, 0) is 4.74 Å². The van der Waals surface area contributed by atoms with Crippen LogP contribution in [0, 0.1) is 11.3 Å². The zero-order valence-electron chi connectivity index (χ0n) is 5.00. The maximum Gasteiger partial charge on any atom is 0.106 e. The van der Waals surface area contributed by atoms with Crippen LogP contribution in [0.4, 0.5) is 0 Å². The van der Waals surface area contributed by atoms with Crippen molar-refractivity contribution in [1.82, 2.24) is 0 Å². The smallest absolute Gasteiger partial charge is 0.106 e. The highest BCUT2D eigenvalue weighted by Gasteiger charge is 1.94. The van der Waals surface area contributed by atoms with E-state index in [9.17, 15) is 0 Å². The van der Waals surface area contributed by atoms with Crippen LogP contribution in [0.2, 0.25) is 0 Å². The molecule has 0 aromatic carbocycles. The Morgan fingerprint density at radius 3 is 3.22 bits per heavy atom. The third-order valence-corrected chi connectivity index (χ3v) is 1.07. The lowest BCUT2D eigenvalue weighted by atomic mass is 10.2. The zero-order valence-corrected chi connectivity index (χ0v) is 5.00. The summed E-state index contributed by atoms with van der Waals surface area (Å²) >= 11 is 0. The molecule has 0 aliphatic carbocycles. The number of hydrogen-bond donors (Lipinski definition) is 0. The van der Waals surface area contributed by atoms with Gasteiger partial charge in [0.2, 0.25) is 0 Å². The number of hydrogen-bond acceptors (Lipinski definition) is 2. The van der Waals surface area contributed by atoms with Gasteiger partial charge in [-0.2, -0.15) is 5.26 Å². The van der Waals surface area contributed by atoms with Crippen LogP contribution in [0.3, 0.4) is 0 Å². The summed E-state index contributed by atoms with van der Waals surface area (Å²) in [4.78, 5) is 0. The molecule has 0 saturated heterocycles. The minimum absolute atomic E-state index is 0.588. The molecule has 2 nitrogen and oxygen atoms in total. The highest BCUT2D eigenvalue weighted by atomic mass is 16.5. The van der Waals surface area contributed by atoms with E-state index in [-0.39, 0.29) is 0 Å². The molecule has 1 aliphatic rings. The summed E-state index contributed by atoms with van der Waals surface area (Å²) in [6.07, 6.45) is 6.05. The molecule has 0 atom stereocenters. The largest absolute Gasteiger partial charge is 0.496 e. The molecule has 2 heteroatoms. The van der Waals surface area contributed by atoms with Crippen LogP contribution in [-0.4, -0.2) is 6.61 Å². The van der Waals surface area contributed by atoms with Gasteiger partial charge in [-0.1, -0.05) is 12.2 Å². The van der Waals surface area contributed by atoms with Gasteiger partial charge in [0.05, 0.1) is 17.9 Å². The first-order valence-electron chi connectivity index (χ1n) is 2.79. The molecule has 0 saturated carbocycles. The third kappa shape index (κ3) is 1.61. The summed E-state index contributed by atoms with van der Waals surface area (Å²) in [5, 5.41) is 8.38. The van der Waals surface area contributed by atoms with E-state index >= 15 is 0 Å². The van der Waals surface area contributed by atoms with Crippen molar-refractivity contribution in [3.8, 4) is 6.07 Å². The number of allylic oxidation sites excluding steroid dienone is 2. The number of nitriles is 1. The van der Waals surface area contributed by atoms with Crippen molar-refractivity contribution in [3.63, 3.8) is 0 Å². The fourth-order valence-corrected chi connectivity index (χ4v) is 0.603. The molecule has 0 bridgehead atoms. The highest BCUT2D eigenvalue weighted by molar-refractivity contribution is 5.22. The summed E-state index contributed by atoms with van der Waals surface area (Å²) in [6, 6.07) is 2.03. The molecule has 1 aliphatic heterocycles. The number of rotatable bonds is 0. The van der Waals surface area contributed by atoms with Gasteiger partial charge < -0.3 is 4.74 Å². The van der Waals surface area contributed by atoms with Crippen LogP contribution < -0.4 is 0 Å². The van der Waals surface area contributed by atoms with Gasteiger partial charge in [0.25, 0.3) is 0 Å². The molecule has 0 amide bonds. The second kappa shape index (κ2) is 2.93. The fourth-order valence-electron chi connectivity index (χ4n) is 0.603. The lowest BCUT2D eigenvalue weighted by Crippen LogP contribution is -1.78.